The average Bonchev–Trinajstić information content (AvgIpc) is 2.77. The lowest BCUT2D eigenvalue weighted by Gasteiger charge is -2.11. The van der Waals surface area contributed by atoms with Gasteiger partial charge < -0.3 is 19.2 Å². The molecule has 3 rings (SSSR count). The topological polar surface area (TPSA) is 77.6 Å². The lowest BCUT2D eigenvalue weighted by atomic mass is 10.0. The second-order valence-corrected chi connectivity index (χ2v) is 6.96. The van der Waals surface area contributed by atoms with E-state index in [2.05, 4.69) is 4.98 Å². The van der Waals surface area contributed by atoms with Gasteiger partial charge in [0.1, 0.15) is 17.3 Å². The first-order chi connectivity index (χ1) is 15.0. The number of H-pyrrole nitrogens is 1. The van der Waals surface area contributed by atoms with Crippen molar-refractivity contribution in [2.75, 3.05) is 19.8 Å². The maximum absolute atomic E-state index is 14.5. The van der Waals surface area contributed by atoms with Crippen molar-refractivity contribution in [3.63, 3.8) is 0 Å². The monoisotopic (exact) mass is 427 g/mol. The summed E-state index contributed by atoms with van der Waals surface area (Å²) in [6.07, 6.45) is 3.22. The van der Waals surface area contributed by atoms with Crippen molar-refractivity contribution in [2.45, 2.75) is 33.1 Å². The van der Waals surface area contributed by atoms with E-state index in [0.717, 1.165) is 6.42 Å². The summed E-state index contributed by atoms with van der Waals surface area (Å²) in [5.74, 6) is 0.232. The molecule has 6 nitrogen and oxygen atoms in total. The van der Waals surface area contributed by atoms with Crippen LogP contribution in [-0.2, 0) is 9.53 Å². The molecule has 1 aromatic heterocycles. The fraction of sp³-hybridized carbons (Fsp3) is 0.333. The first kappa shape index (κ1) is 22.3. The highest BCUT2D eigenvalue weighted by molar-refractivity contribution is 5.88. The minimum absolute atomic E-state index is 0.0228. The summed E-state index contributed by atoms with van der Waals surface area (Å²) in [6, 6.07) is 9.73. The van der Waals surface area contributed by atoms with E-state index in [1.165, 1.54) is 12.1 Å². The number of aromatic amines is 1. The molecule has 3 aromatic rings. The molecule has 0 spiro atoms. The Labute approximate surface area is 180 Å². The van der Waals surface area contributed by atoms with Gasteiger partial charge in [-0.05, 0) is 49.6 Å². The lowest BCUT2D eigenvalue weighted by molar-refractivity contribution is -0.143. The van der Waals surface area contributed by atoms with E-state index in [1.807, 2.05) is 6.92 Å². The third-order valence-corrected chi connectivity index (χ3v) is 4.68. The number of pyridine rings is 1. The van der Waals surface area contributed by atoms with E-state index in [1.54, 1.807) is 37.4 Å². The first-order valence-electron chi connectivity index (χ1n) is 10.4. The van der Waals surface area contributed by atoms with Gasteiger partial charge in [0.15, 0.2) is 5.43 Å². The van der Waals surface area contributed by atoms with E-state index >= 15 is 0 Å². The number of carbonyl (C=O) groups excluding carboxylic acids is 1. The summed E-state index contributed by atoms with van der Waals surface area (Å²) in [4.78, 5) is 27.3. The van der Waals surface area contributed by atoms with E-state index in [-0.39, 0.29) is 11.4 Å². The quantitative estimate of drug-likeness (QED) is 0.370. The van der Waals surface area contributed by atoms with Crippen LogP contribution in [0.5, 0.6) is 11.5 Å². The average molecular weight is 427 g/mol. The highest BCUT2D eigenvalue weighted by Crippen LogP contribution is 2.27. The third-order valence-electron chi connectivity index (χ3n) is 4.68. The Morgan fingerprint density at radius 1 is 1.03 bits per heavy atom. The third kappa shape index (κ3) is 5.42. The van der Waals surface area contributed by atoms with Crippen LogP contribution < -0.4 is 14.9 Å². The zero-order valence-electron chi connectivity index (χ0n) is 17.7. The molecule has 164 valence electrons. The number of ether oxygens (including phenoxy) is 3. The predicted molar refractivity (Wildman–Crippen MR) is 117 cm³/mol. The van der Waals surface area contributed by atoms with E-state index in [0.29, 0.717) is 60.8 Å². The molecule has 0 saturated heterocycles. The number of carbonyl (C=O) groups is 1. The molecule has 0 aliphatic rings. The number of esters is 1. The number of hydrogen-bond acceptors (Lipinski definition) is 5. The number of fused-ring (bicyclic) bond motifs is 1. The highest BCUT2D eigenvalue weighted by atomic mass is 19.1. The van der Waals surface area contributed by atoms with Crippen LogP contribution >= 0.6 is 0 Å². The van der Waals surface area contributed by atoms with Gasteiger partial charge in [-0.25, -0.2) is 4.39 Å². The Morgan fingerprint density at radius 3 is 2.52 bits per heavy atom. The molecule has 0 atom stereocenters. The molecule has 1 N–H and O–H groups in total. The normalized spacial score (nSPS) is 10.8. The van der Waals surface area contributed by atoms with Crippen molar-refractivity contribution in [3.05, 3.63) is 58.6 Å². The van der Waals surface area contributed by atoms with Crippen LogP contribution in [0, 0.1) is 5.82 Å². The number of nitrogens with one attached hydrogen (secondary N) is 1. The standard InChI is InChI=1S/C24H26FNO5/c1-3-13-31-20-12-11-19(25)22-23(20)26-15-18(24(22)28)16-7-9-17(10-8-16)30-14-5-6-21(27)29-4-2/h7-12,15H,3-6,13-14H2,1-2H3,(H,26,28). The maximum atomic E-state index is 14.5. The summed E-state index contributed by atoms with van der Waals surface area (Å²) in [6.45, 7) is 4.96. The smallest absolute Gasteiger partial charge is 0.305 e. The SMILES string of the molecule is CCCOc1ccc(F)c2c(=O)c(-c3ccc(OCCCC(=O)OCC)cc3)c[nH]c12. The Morgan fingerprint density at radius 2 is 1.81 bits per heavy atom. The molecular formula is C24H26FNO5. The fourth-order valence-corrected chi connectivity index (χ4v) is 3.19. The lowest BCUT2D eigenvalue weighted by Crippen LogP contribution is -2.10. The number of halogens is 1. The van der Waals surface area contributed by atoms with Gasteiger partial charge in [-0.3, -0.25) is 9.59 Å². The zero-order chi connectivity index (χ0) is 22.2. The van der Waals surface area contributed by atoms with Crippen LogP contribution in [-0.4, -0.2) is 30.8 Å². The molecule has 7 heteroatoms. The van der Waals surface area contributed by atoms with Crippen LogP contribution in [0.2, 0.25) is 0 Å². The summed E-state index contributed by atoms with van der Waals surface area (Å²) in [5.41, 5.74) is 0.939. The molecule has 0 aliphatic heterocycles. The largest absolute Gasteiger partial charge is 0.494 e. The summed E-state index contributed by atoms with van der Waals surface area (Å²) < 4.78 is 30.6. The second kappa shape index (κ2) is 10.6. The van der Waals surface area contributed by atoms with Gasteiger partial charge in [0.25, 0.3) is 0 Å². The minimum Gasteiger partial charge on any atom is -0.494 e. The molecule has 0 bridgehead atoms. The van der Waals surface area contributed by atoms with Gasteiger partial charge in [-0.15, -0.1) is 0 Å². The summed E-state index contributed by atoms with van der Waals surface area (Å²) in [5, 5.41) is -0.0228. The molecular weight excluding hydrogens is 401 g/mol. The van der Waals surface area contributed by atoms with E-state index in [9.17, 15) is 14.0 Å². The number of hydrogen-bond donors (Lipinski definition) is 1. The van der Waals surface area contributed by atoms with Crippen molar-refractivity contribution in [1.29, 1.82) is 0 Å². The maximum Gasteiger partial charge on any atom is 0.305 e. The molecule has 0 fully saturated rings. The van der Waals surface area contributed by atoms with Gasteiger partial charge >= 0.3 is 5.97 Å². The first-order valence-corrected chi connectivity index (χ1v) is 10.4. The van der Waals surface area contributed by atoms with Crippen LogP contribution in [0.4, 0.5) is 4.39 Å². The number of rotatable bonds is 10. The second-order valence-electron chi connectivity index (χ2n) is 6.96. The number of aromatic nitrogens is 1. The van der Waals surface area contributed by atoms with Crippen molar-refractivity contribution >= 4 is 16.9 Å². The summed E-state index contributed by atoms with van der Waals surface area (Å²) in [7, 11) is 0. The van der Waals surface area contributed by atoms with Gasteiger partial charge in [0, 0.05) is 18.2 Å². The number of benzene rings is 2. The van der Waals surface area contributed by atoms with Gasteiger partial charge in [-0.2, -0.15) is 0 Å². The van der Waals surface area contributed by atoms with Crippen LogP contribution in [0.25, 0.3) is 22.0 Å². The van der Waals surface area contributed by atoms with Gasteiger partial charge in [0.05, 0.1) is 30.7 Å². The highest BCUT2D eigenvalue weighted by Gasteiger charge is 2.15. The Bertz CT molecular complexity index is 1090. The van der Waals surface area contributed by atoms with Crippen LogP contribution in [0.1, 0.15) is 33.1 Å². The fourth-order valence-electron chi connectivity index (χ4n) is 3.19. The van der Waals surface area contributed by atoms with E-state index < -0.39 is 11.2 Å². The Hall–Kier alpha value is -3.35. The van der Waals surface area contributed by atoms with Gasteiger partial charge in [0.2, 0.25) is 0 Å². The van der Waals surface area contributed by atoms with Crippen molar-refractivity contribution in [3.8, 4) is 22.6 Å². The van der Waals surface area contributed by atoms with Crippen LogP contribution in [0.3, 0.4) is 0 Å². The van der Waals surface area contributed by atoms with E-state index in [4.69, 9.17) is 14.2 Å². The van der Waals surface area contributed by atoms with Gasteiger partial charge in [-0.1, -0.05) is 19.1 Å². The Balaban J connectivity index is 1.76. The summed E-state index contributed by atoms with van der Waals surface area (Å²) >= 11 is 0. The molecule has 0 aliphatic carbocycles. The van der Waals surface area contributed by atoms with Crippen molar-refractivity contribution < 1.29 is 23.4 Å². The van der Waals surface area contributed by atoms with Crippen LogP contribution in [0.15, 0.2) is 47.4 Å². The Kier molecular flexibility index (Phi) is 7.65. The van der Waals surface area contributed by atoms with Crippen molar-refractivity contribution in [2.24, 2.45) is 0 Å². The molecule has 31 heavy (non-hydrogen) atoms. The molecule has 0 radical (unpaired) electrons. The molecule has 0 unspecified atom stereocenters. The molecule has 1 heterocycles. The molecule has 2 aromatic carbocycles. The minimum atomic E-state index is -0.594. The molecule has 0 amide bonds. The van der Waals surface area contributed by atoms with Crippen molar-refractivity contribution in [1.82, 2.24) is 4.98 Å². The predicted octanol–water partition coefficient (Wildman–Crippen LogP) is 4.85. The zero-order valence-corrected chi connectivity index (χ0v) is 17.7. The molecule has 0 saturated carbocycles.